The summed E-state index contributed by atoms with van der Waals surface area (Å²) in [6, 6.07) is 24.5. The molecule has 5 rings (SSSR count). The number of carbonyl (C=O) groups is 1. The number of thiophene rings is 1. The lowest BCUT2D eigenvalue weighted by Crippen LogP contribution is -2.21. The van der Waals surface area contributed by atoms with Gasteiger partial charge in [0, 0.05) is 23.5 Å². The number of benzene rings is 3. The van der Waals surface area contributed by atoms with Crippen molar-refractivity contribution in [1.29, 1.82) is 0 Å². The van der Waals surface area contributed by atoms with E-state index in [0.717, 1.165) is 40.2 Å². The first-order valence-electron chi connectivity index (χ1n) is 15.1. The fraction of sp³-hybridized carbons (Fsp3) is 0.278. The normalized spacial score (nSPS) is 11.2. The number of fused-ring (bicyclic) bond motifs is 1. The van der Waals surface area contributed by atoms with Crippen LogP contribution in [0.5, 0.6) is 11.5 Å². The van der Waals surface area contributed by atoms with E-state index in [4.69, 9.17) is 14.2 Å². The highest BCUT2D eigenvalue weighted by Gasteiger charge is 2.24. The van der Waals surface area contributed by atoms with Gasteiger partial charge in [0.05, 0.1) is 31.3 Å². The van der Waals surface area contributed by atoms with Gasteiger partial charge in [-0.2, -0.15) is 0 Å². The molecule has 0 saturated heterocycles. The number of pyridine rings is 1. The first-order chi connectivity index (χ1) is 21.9. The summed E-state index contributed by atoms with van der Waals surface area (Å²) in [5.41, 5.74) is 2.88. The number of unbranched alkanes of at least 4 members (excludes halogenated alkanes) is 1. The molecule has 3 aromatic carbocycles. The van der Waals surface area contributed by atoms with Crippen molar-refractivity contribution in [3.63, 3.8) is 0 Å². The second-order valence-corrected chi connectivity index (χ2v) is 11.8. The van der Waals surface area contributed by atoms with Crippen LogP contribution in [0.3, 0.4) is 0 Å². The molecule has 0 amide bonds. The second-order valence-electron chi connectivity index (χ2n) is 10.8. The van der Waals surface area contributed by atoms with Crippen molar-refractivity contribution in [2.75, 3.05) is 20.3 Å². The minimum atomic E-state index is -0.969. The molecule has 0 saturated carbocycles. The van der Waals surface area contributed by atoms with E-state index in [2.05, 4.69) is 24.0 Å². The van der Waals surface area contributed by atoms with Crippen LogP contribution in [0.2, 0.25) is 0 Å². The molecular formula is C36H37FN2O5S. The zero-order valence-electron chi connectivity index (χ0n) is 25.8. The van der Waals surface area contributed by atoms with Crippen molar-refractivity contribution < 1.29 is 23.4 Å². The highest BCUT2D eigenvalue weighted by Crippen LogP contribution is 2.40. The lowest BCUT2D eigenvalue weighted by atomic mass is 10.0. The molecule has 0 unspecified atom stereocenters. The summed E-state index contributed by atoms with van der Waals surface area (Å²) in [5.74, 6) is 0.240. The number of aromatic nitrogens is 1. The van der Waals surface area contributed by atoms with Gasteiger partial charge in [-0.15, -0.1) is 11.3 Å². The van der Waals surface area contributed by atoms with Gasteiger partial charge >= 0.3 is 6.16 Å². The van der Waals surface area contributed by atoms with E-state index < -0.39 is 11.6 Å². The molecule has 5 aromatic rings. The molecule has 0 aliphatic heterocycles. The van der Waals surface area contributed by atoms with Gasteiger partial charge in [-0.3, -0.25) is 9.69 Å². The van der Waals surface area contributed by atoms with Crippen molar-refractivity contribution in [3.8, 4) is 21.9 Å². The number of rotatable bonds is 13. The number of ether oxygens (including phenoxy) is 3. The monoisotopic (exact) mass is 628 g/mol. The maximum atomic E-state index is 14.8. The number of halogens is 1. The van der Waals surface area contributed by atoms with Crippen LogP contribution in [-0.4, -0.2) is 35.9 Å². The summed E-state index contributed by atoms with van der Waals surface area (Å²) in [6.45, 7) is 5.75. The lowest BCUT2D eigenvalue weighted by Gasteiger charge is -2.18. The van der Waals surface area contributed by atoms with Gasteiger partial charge in [-0.1, -0.05) is 61.9 Å². The molecule has 45 heavy (non-hydrogen) atoms. The zero-order chi connectivity index (χ0) is 31.8. The standard InChI is InChI=1S/C36H37FN2O5S/c1-4-6-20-43-28-18-16-26(17-19-28)34-29(23-38(3)21-25-12-8-7-9-13-25)32-33(40)31(44-36(41)42-5-2)24-39(35(32)45-34)22-27-14-10-11-15-30(27)37/h7-19,24H,4-6,20-23H2,1-3H3. The van der Waals surface area contributed by atoms with Gasteiger partial charge in [0.25, 0.3) is 0 Å². The number of hydrogen-bond donors (Lipinski definition) is 0. The number of carbonyl (C=O) groups excluding carboxylic acids is 1. The summed E-state index contributed by atoms with van der Waals surface area (Å²) >= 11 is 1.46. The van der Waals surface area contributed by atoms with Crippen LogP contribution in [0.25, 0.3) is 20.7 Å². The fourth-order valence-corrected chi connectivity index (χ4v) is 6.44. The zero-order valence-corrected chi connectivity index (χ0v) is 26.6. The van der Waals surface area contributed by atoms with E-state index in [9.17, 15) is 14.0 Å². The highest BCUT2D eigenvalue weighted by atomic mass is 32.1. The molecular weight excluding hydrogens is 591 g/mol. The van der Waals surface area contributed by atoms with Crippen LogP contribution in [-0.2, 0) is 24.4 Å². The Kier molecular flexibility index (Phi) is 10.7. The number of hydrogen-bond acceptors (Lipinski definition) is 7. The lowest BCUT2D eigenvalue weighted by molar-refractivity contribution is 0.104. The predicted octanol–water partition coefficient (Wildman–Crippen LogP) is 8.26. The molecule has 0 atom stereocenters. The van der Waals surface area contributed by atoms with E-state index in [1.54, 1.807) is 29.7 Å². The maximum absolute atomic E-state index is 14.8. The minimum absolute atomic E-state index is 0.0980. The molecule has 9 heteroatoms. The third-order valence-corrected chi connectivity index (χ3v) is 8.65. The van der Waals surface area contributed by atoms with E-state index in [1.807, 2.05) is 49.5 Å². The Labute approximate surface area is 266 Å². The summed E-state index contributed by atoms with van der Waals surface area (Å²) in [4.78, 5) is 30.2. The van der Waals surface area contributed by atoms with Crippen LogP contribution in [0, 0.1) is 5.82 Å². The summed E-state index contributed by atoms with van der Waals surface area (Å²) in [7, 11) is 2.00. The SMILES string of the molecule is CCCCOc1ccc(-c2sc3c(c2CN(C)Cc2ccccc2)c(=O)c(OC(=O)OCC)cn3Cc2ccccc2F)cc1. The quantitative estimate of drug-likeness (QED) is 0.0966. The predicted molar refractivity (Wildman–Crippen MR) is 177 cm³/mol. The molecule has 2 aromatic heterocycles. The van der Waals surface area contributed by atoms with Crippen molar-refractivity contribution in [2.24, 2.45) is 0 Å². The molecule has 0 N–H and O–H groups in total. The molecule has 234 valence electrons. The van der Waals surface area contributed by atoms with Gasteiger partial charge in [0.15, 0.2) is 5.75 Å². The van der Waals surface area contributed by atoms with Crippen LogP contribution < -0.4 is 14.9 Å². The van der Waals surface area contributed by atoms with Gasteiger partial charge in [-0.25, -0.2) is 9.18 Å². The van der Waals surface area contributed by atoms with E-state index in [-0.39, 0.29) is 24.7 Å². The van der Waals surface area contributed by atoms with Crippen LogP contribution in [0.15, 0.2) is 89.9 Å². The second kappa shape index (κ2) is 15.0. The Bertz CT molecular complexity index is 1800. The molecule has 0 aliphatic carbocycles. The maximum Gasteiger partial charge on any atom is 0.514 e. The number of nitrogens with zero attached hydrogens (tertiary/aromatic N) is 2. The Morgan fingerprint density at radius 1 is 0.956 bits per heavy atom. The van der Waals surface area contributed by atoms with E-state index in [0.29, 0.717) is 35.5 Å². The summed E-state index contributed by atoms with van der Waals surface area (Å²) in [6.07, 6.45) is 2.52. The van der Waals surface area contributed by atoms with Crippen LogP contribution >= 0.6 is 11.3 Å². The summed E-state index contributed by atoms with van der Waals surface area (Å²) < 4.78 is 32.9. The van der Waals surface area contributed by atoms with Crippen molar-refractivity contribution in [3.05, 3.63) is 118 Å². The van der Waals surface area contributed by atoms with Crippen molar-refractivity contribution in [2.45, 2.75) is 46.3 Å². The highest BCUT2D eigenvalue weighted by molar-refractivity contribution is 7.22. The molecule has 0 radical (unpaired) electrons. The van der Waals surface area contributed by atoms with E-state index in [1.165, 1.54) is 23.6 Å². The van der Waals surface area contributed by atoms with Gasteiger partial charge in [0.2, 0.25) is 5.43 Å². The Hall–Kier alpha value is -4.47. The first-order valence-corrected chi connectivity index (χ1v) is 15.9. The molecule has 2 heterocycles. The van der Waals surface area contributed by atoms with E-state index >= 15 is 0 Å². The third kappa shape index (κ3) is 7.79. The molecule has 0 spiro atoms. The Balaban J connectivity index is 1.66. The fourth-order valence-electron chi connectivity index (χ4n) is 5.15. The summed E-state index contributed by atoms with van der Waals surface area (Å²) in [5, 5.41) is 0.427. The first kappa shape index (κ1) is 31.9. The van der Waals surface area contributed by atoms with Gasteiger partial charge < -0.3 is 18.8 Å². The average molecular weight is 629 g/mol. The molecule has 7 nitrogen and oxygen atoms in total. The molecule has 0 fully saturated rings. The third-order valence-electron chi connectivity index (χ3n) is 7.33. The Morgan fingerprint density at radius 2 is 1.69 bits per heavy atom. The topological polar surface area (TPSA) is 70.0 Å². The van der Waals surface area contributed by atoms with Gasteiger partial charge in [-0.05, 0) is 67.4 Å². The van der Waals surface area contributed by atoms with Crippen LogP contribution in [0.4, 0.5) is 9.18 Å². The Morgan fingerprint density at radius 3 is 2.40 bits per heavy atom. The largest absolute Gasteiger partial charge is 0.514 e. The smallest absolute Gasteiger partial charge is 0.494 e. The molecule has 0 bridgehead atoms. The van der Waals surface area contributed by atoms with Gasteiger partial charge in [0.1, 0.15) is 16.4 Å². The van der Waals surface area contributed by atoms with Crippen molar-refractivity contribution in [1.82, 2.24) is 9.47 Å². The average Bonchev–Trinajstić information content (AvgIpc) is 3.41. The molecule has 0 aliphatic rings. The van der Waals surface area contributed by atoms with Crippen LogP contribution in [0.1, 0.15) is 43.4 Å². The minimum Gasteiger partial charge on any atom is -0.494 e. The van der Waals surface area contributed by atoms with Crippen molar-refractivity contribution >= 4 is 27.7 Å².